The molecule has 0 saturated carbocycles. The first-order valence-corrected chi connectivity index (χ1v) is 5.42. The lowest BCUT2D eigenvalue weighted by molar-refractivity contribution is 1.22. The maximum atomic E-state index is 6.05. The highest BCUT2D eigenvalue weighted by Gasteiger charge is 2.09. The standard InChI is InChI=1S/C10H9ClN2S/c1-6-7(2)14-10(13-6)8-5-12-4-3-9(8)11/h3-5H,1-2H3. The van der Waals surface area contributed by atoms with Crippen molar-refractivity contribution in [3.05, 3.63) is 34.1 Å². The van der Waals surface area contributed by atoms with Gasteiger partial charge in [-0.1, -0.05) is 11.6 Å². The van der Waals surface area contributed by atoms with Gasteiger partial charge in [0, 0.05) is 22.8 Å². The second kappa shape index (κ2) is 3.67. The van der Waals surface area contributed by atoms with E-state index in [1.54, 1.807) is 29.8 Å². The van der Waals surface area contributed by atoms with Crippen LogP contribution in [0.5, 0.6) is 0 Å². The third kappa shape index (κ3) is 1.65. The van der Waals surface area contributed by atoms with E-state index in [1.165, 1.54) is 4.88 Å². The van der Waals surface area contributed by atoms with Gasteiger partial charge in [-0.15, -0.1) is 11.3 Å². The molecule has 0 radical (unpaired) electrons. The second-order valence-corrected chi connectivity index (χ2v) is 4.63. The van der Waals surface area contributed by atoms with E-state index in [0.29, 0.717) is 5.02 Å². The van der Waals surface area contributed by atoms with E-state index < -0.39 is 0 Å². The van der Waals surface area contributed by atoms with Crippen molar-refractivity contribution in [3.8, 4) is 10.6 Å². The largest absolute Gasteiger partial charge is 0.264 e. The molecule has 0 spiro atoms. The number of hydrogen-bond acceptors (Lipinski definition) is 3. The van der Waals surface area contributed by atoms with Crippen molar-refractivity contribution in [1.29, 1.82) is 0 Å². The molecule has 0 amide bonds. The molecule has 72 valence electrons. The maximum Gasteiger partial charge on any atom is 0.126 e. The van der Waals surface area contributed by atoms with Crippen LogP contribution in [0.1, 0.15) is 10.6 Å². The van der Waals surface area contributed by atoms with Gasteiger partial charge in [0.05, 0.1) is 10.7 Å². The highest BCUT2D eigenvalue weighted by Crippen LogP contribution is 2.31. The van der Waals surface area contributed by atoms with E-state index >= 15 is 0 Å². The van der Waals surface area contributed by atoms with E-state index in [9.17, 15) is 0 Å². The van der Waals surface area contributed by atoms with Crippen LogP contribution in [0.4, 0.5) is 0 Å². The molecule has 0 N–H and O–H groups in total. The van der Waals surface area contributed by atoms with Gasteiger partial charge < -0.3 is 0 Å². The number of aryl methyl sites for hydroxylation is 2. The molecule has 0 bridgehead atoms. The minimum atomic E-state index is 0.703. The van der Waals surface area contributed by atoms with Crippen molar-refractivity contribution in [1.82, 2.24) is 9.97 Å². The van der Waals surface area contributed by atoms with Gasteiger partial charge in [0.2, 0.25) is 0 Å². The molecule has 0 atom stereocenters. The SMILES string of the molecule is Cc1nc(-c2cnccc2Cl)sc1C. The lowest BCUT2D eigenvalue weighted by atomic mass is 10.3. The molecule has 4 heteroatoms. The quantitative estimate of drug-likeness (QED) is 0.741. The van der Waals surface area contributed by atoms with Crippen molar-refractivity contribution < 1.29 is 0 Å². The second-order valence-electron chi connectivity index (χ2n) is 3.02. The zero-order chi connectivity index (χ0) is 10.1. The minimum Gasteiger partial charge on any atom is -0.264 e. The molecule has 2 rings (SSSR count). The molecule has 0 unspecified atom stereocenters. The van der Waals surface area contributed by atoms with Gasteiger partial charge >= 0.3 is 0 Å². The first kappa shape index (κ1) is 9.62. The fourth-order valence-corrected chi connectivity index (χ4v) is 2.31. The molecule has 0 saturated heterocycles. The Morgan fingerprint density at radius 3 is 2.71 bits per heavy atom. The van der Waals surface area contributed by atoms with Crippen LogP contribution in [-0.4, -0.2) is 9.97 Å². The summed E-state index contributed by atoms with van der Waals surface area (Å²) in [6, 6.07) is 1.78. The van der Waals surface area contributed by atoms with Crippen molar-refractivity contribution in [3.63, 3.8) is 0 Å². The Hall–Kier alpha value is -0.930. The lowest BCUT2D eigenvalue weighted by Crippen LogP contribution is -1.80. The van der Waals surface area contributed by atoms with Crippen LogP contribution in [0, 0.1) is 13.8 Å². The number of halogens is 1. The van der Waals surface area contributed by atoms with E-state index in [1.807, 2.05) is 6.92 Å². The van der Waals surface area contributed by atoms with Crippen molar-refractivity contribution in [2.24, 2.45) is 0 Å². The normalized spacial score (nSPS) is 10.5. The van der Waals surface area contributed by atoms with E-state index in [-0.39, 0.29) is 0 Å². The van der Waals surface area contributed by atoms with Crippen molar-refractivity contribution >= 4 is 22.9 Å². The Morgan fingerprint density at radius 1 is 1.36 bits per heavy atom. The zero-order valence-corrected chi connectivity index (χ0v) is 9.49. The smallest absolute Gasteiger partial charge is 0.126 e. The summed E-state index contributed by atoms with van der Waals surface area (Å²) in [7, 11) is 0. The molecular weight excluding hydrogens is 216 g/mol. The number of rotatable bonds is 1. The first-order valence-electron chi connectivity index (χ1n) is 4.22. The van der Waals surface area contributed by atoms with E-state index in [2.05, 4.69) is 16.9 Å². The molecule has 2 nitrogen and oxygen atoms in total. The monoisotopic (exact) mass is 224 g/mol. The molecule has 14 heavy (non-hydrogen) atoms. The Balaban J connectivity index is 2.55. The van der Waals surface area contributed by atoms with Crippen LogP contribution in [0.25, 0.3) is 10.6 Å². The van der Waals surface area contributed by atoms with Gasteiger partial charge in [0.25, 0.3) is 0 Å². The van der Waals surface area contributed by atoms with Gasteiger partial charge in [-0.2, -0.15) is 0 Å². The molecule has 0 aliphatic heterocycles. The summed E-state index contributed by atoms with van der Waals surface area (Å²) in [6.07, 6.45) is 3.43. The predicted molar refractivity (Wildman–Crippen MR) is 59.8 cm³/mol. The number of nitrogens with zero attached hydrogens (tertiary/aromatic N) is 2. The van der Waals surface area contributed by atoms with Gasteiger partial charge in [-0.05, 0) is 19.9 Å². The average Bonchev–Trinajstić information content (AvgIpc) is 2.48. The fourth-order valence-electron chi connectivity index (χ4n) is 1.12. The molecule has 2 aromatic rings. The lowest BCUT2D eigenvalue weighted by Gasteiger charge is -1.96. The van der Waals surface area contributed by atoms with Crippen molar-refractivity contribution in [2.75, 3.05) is 0 Å². The molecule has 0 aromatic carbocycles. The number of thiazole rings is 1. The molecule has 0 aliphatic rings. The number of hydrogen-bond donors (Lipinski definition) is 0. The zero-order valence-electron chi connectivity index (χ0n) is 7.91. The van der Waals surface area contributed by atoms with Crippen LogP contribution in [0.2, 0.25) is 5.02 Å². The highest BCUT2D eigenvalue weighted by molar-refractivity contribution is 7.15. The maximum absolute atomic E-state index is 6.05. The number of aromatic nitrogens is 2. The number of pyridine rings is 1. The summed E-state index contributed by atoms with van der Waals surface area (Å²) >= 11 is 7.69. The van der Waals surface area contributed by atoms with Gasteiger partial charge in [0.15, 0.2) is 0 Å². The summed E-state index contributed by atoms with van der Waals surface area (Å²) in [4.78, 5) is 9.70. The van der Waals surface area contributed by atoms with Crippen LogP contribution < -0.4 is 0 Å². The summed E-state index contributed by atoms with van der Waals surface area (Å²) in [5, 5.41) is 1.65. The fraction of sp³-hybridized carbons (Fsp3) is 0.200. The van der Waals surface area contributed by atoms with Gasteiger partial charge in [-0.3, -0.25) is 4.98 Å². The third-order valence-electron chi connectivity index (χ3n) is 2.03. The summed E-state index contributed by atoms with van der Waals surface area (Å²) < 4.78 is 0. The van der Waals surface area contributed by atoms with Crippen LogP contribution in [0.15, 0.2) is 18.5 Å². The van der Waals surface area contributed by atoms with E-state index in [0.717, 1.165) is 16.3 Å². The predicted octanol–water partition coefficient (Wildman–Crippen LogP) is 3.48. The first-order chi connectivity index (χ1) is 6.68. The van der Waals surface area contributed by atoms with Gasteiger partial charge in [-0.25, -0.2) is 4.98 Å². The van der Waals surface area contributed by atoms with E-state index in [4.69, 9.17) is 11.6 Å². The molecule has 0 fully saturated rings. The topological polar surface area (TPSA) is 25.8 Å². The summed E-state index contributed by atoms with van der Waals surface area (Å²) in [6.45, 7) is 4.06. The Morgan fingerprint density at radius 2 is 2.14 bits per heavy atom. The molecular formula is C10H9ClN2S. The Labute approximate surface area is 91.6 Å². The van der Waals surface area contributed by atoms with Crippen LogP contribution in [0.3, 0.4) is 0 Å². The molecule has 2 aromatic heterocycles. The van der Waals surface area contributed by atoms with Crippen LogP contribution in [-0.2, 0) is 0 Å². The third-order valence-corrected chi connectivity index (χ3v) is 3.46. The van der Waals surface area contributed by atoms with Crippen molar-refractivity contribution in [2.45, 2.75) is 13.8 Å². The van der Waals surface area contributed by atoms with Gasteiger partial charge in [0.1, 0.15) is 5.01 Å². The summed E-state index contributed by atoms with van der Waals surface area (Å²) in [5.74, 6) is 0. The average molecular weight is 225 g/mol. The Bertz CT molecular complexity index is 445. The summed E-state index contributed by atoms with van der Waals surface area (Å²) in [5.41, 5.74) is 1.97. The minimum absolute atomic E-state index is 0.703. The highest BCUT2D eigenvalue weighted by atomic mass is 35.5. The van der Waals surface area contributed by atoms with Crippen LogP contribution >= 0.6 is 22.9 Å². The Kier molecular flexibility index (Phi) is 2.52. The molecule has 0 aliphatic carbocycles. The molecule has 2 heterocycles.